The van der Waals surface area contributed by atoms with Crippen molar-refractivity contribution < 1.29 is 9.53 Å². The van der Waals surface area contributed by atoms with Crippen LogP contribution in [0.2, 0.25) is 0 Å². The Morgan fingerprint density at radius 3 is 2.84 bits per heavy atom. The normalized spacial score (nSPS) is 22.2. The van der Waals surface area contributed by atoms with Gasteiger partial charge < -0.3 is 14.2 Å². The maximum absolute atomic E-state index is 12.9. The van der Waals surface area contributed by atoms with Gasteiger partial charge in [0.15, 0.2) is 5.65 Å². The third kappa shape index (κ3) is 3.15. The molecule has 2 aromatic heterocycles. The number of hydrogen-bond donors (Lipinski definition) is 0. The van der Waals surface area contributed by atoms with Gasteiger partial charge in [0.2, 0.25) is 0 Å². The minimum atomic E-state index is 0.0266. The third-order valence-corrected chi connectivity index (χ3v) is 5.50. The topological polar surface area (TPSA) is 60.2 Å². The summed E-state index contributed by atoms with van der Waals surface area (Å²) < 4.78 is 7.94. The molecular weight excluding hydrogens is 316 g/mol. The van der Waals surface area contributed by atoms with E-state index in [9.17, 15) is 4.79 Å². The second kappa shape index (κ2) is 6.75. The molecule has 6 nitrogen and oxygen atoms in total. The fourth-order valence-corrected chi connectivity index (χ4v) is 3.93. The number of amides is 1. The molecule has 0 bridgehead atoms. The fraction of sp³-hybridized carbons (Fsp3) is 0.632. The van der Waals surface area contributed by atoms with Gasteiger partial charge in [0.1, 0.15) is 5.52 Å². The smallest absolute Gasteiger partial charge is 0.255 e. The van der Waals surface area contributed by atoms with Crippen LogP contribution >= 0.6 is 0 Å². The van der Waals surface area contributed by atoms with Crippen molar-refractivity contribution in [2.24, 2.45) is 5.92 Å². The number of nitrogens with zero attached hydrogens (tertiary/aromatic N) is 4. The van der Waals surface area contributed by atoms with Gasteiger partial charge in [-0.2, -0.15) is 0 Å². The zero-order valence-corrected chi connectivity index (χ0v) is 15.0. The Morgan fingerprint density at radius 1 is 1.28 bits per heavy atom. The molecule has 1 amide bonds. The lowest BCUT2D eigenvalue weighted by atomic mass is 10.1. The highest BCUT2D eigenvalue weighted by atomic mass is 16.5. The van der Waals surface area contributed by atoms with Gasteiger partial charge in [-0.1, -0.05) is 26.7 Å². The summed E-state index contributed by atoms with van der Waals surface area (Å²) in [4.78, 5) is 23.8. The molecule has 1 saturated carbocycles. The van der Waals surface area contributed by atoms with E-state index in [0.29, 0.717) is 37.2 Å². The van der Waals surface area contributed by atoms with Crippen LogP contribution in [0.1, 0.15) is 55.9 Å². The van der Waals surface area contributed by atoms with Crippen LogP contribution < -0.4 is 0 Å². The molecule has 4 rings (SSSR count). The molecule has 1 unspecified atom stereocenters. The standard InChI is InChI=1S/C19H26N4O2/c1-13(2)17-11-22(7-8-25-17)19(24)14-9-16-18(20-10-14)23(12-21-16)15-5-3-4-6-15/h9-10,12-13,15,17H,3-8,11H2,1-2H3. The van der Waals surface area contributed by atoms with E-state index in [2.05, 4.69) is 28.4 Å². The average Bonchev–Trinajstić information content (AvgIpc) is 3.29. The van der Waals surface area contributed by atoms with Crippen molar-refractivity contribution in [3.8, 4) is 0 Å². The zero-order valence-electron chi connectivity index (χ0n) is 15.0. The molecular formula is C19H26N4O2. The summed E-state index contributed by atoms with van der Waals surface area (Å²) >= 11 is 0. The van der Waals surface area contributed by atoms with Crippen LogP contribution in [0.15, 0.2) is 18.6 Å². The lowest BCUT2D eigenvalue weighted by Gasteiger charge is -2.34. The van der Waals surface area contributed by atoms with Crippen molar-refractivity contribution >= 4 is 17.1 Å². The van der Waals surface area contributed by atoms with E-state index in [-0.39, 0.29) is 12.0 Å². The quantitative estimate of drug-likeness (QED) is 0.860. The molecule has 2 aliphatic rings. The summed E-state index contributed by atoms with van der Waals surface area (Å²) in [6.07, 6.45) is 8.62. The maximum atomic E-state index is 12.9. The van der Waals surface area contributed by atoms with Crippen molar-refractivity contribution in [1.29, 1.82) is 0 Å². The van der Waals surface area contributed by atoms with Crippen LogP contribution in [0.25, 0.3) is 11.2 Å². The van der Waals surface area contributed by atoms with Crippen LogP contribution in [0.3, 0.4) is 0 Å². The Kier molecular flexibility index (Phi) is 4.46. The van der Waals surface area contributed by atoms with E-state index in [1.807, 2.05) is 17.3 Å². The number of carbonyl (C=O) groups is 1. The van der Waals surface area contributed by atoms with Crippen LogP contribution in [0.4, 0.5) is 0 Å². The van der Waals surface area contributed by atoms with Crippen molar-refractivity contribution in [2.45, 2.75) is 51.7 Å². The molecule has 1 aliphatic heterocycles. The maximum Gasteiger partial charge on any atom is 0.255 e. The molecule has 134 valence electrons. The van der Waals surface area contributed by atoms with E-state index >= 15 is 0 Å². The summed E-state index contributed by atoms with van der Waals surface area (Å²) in [6.45, 7) is 6.13. The average molecular weight is 342 g/mol. The Hall–Kier alpha value is -1.95. The van der Waals surface area contributed by atoms with Crippen LogP contribution in [0, 0.1) is 5.92 Å². The van der Waals surface area contributed by atoms with Gasteiger partial charge in [-0.05, 0) is 24.8 Å². The van der Waals surface area contributed by atoms with Crippen LogP contribution in [0.5, 0.6) is 0 Å². The minimum absolute atomic E-state index is 0.0266. The summed E-state index contributed by atoms with van der Waals surface area (Å²) in [5.74, 6) is 0.428. The van der Waals surface area contributed by atoms with Gasteiger partial charge in [-0.25, -0.2) is 9.97 Å². The fourth-order valence-electron chi connectivity index (χ4n) is 3.93. The molecule has 1 aliphatic carbocycles. The number of ether oxygens (including phenoxy) is 1. The van der Waals surface area contributed by atoms with Crippen molar-refractivity contribution in [2.75, 3.05) is 19.7 Å². The van der Waals surface area contributed by atoms with Crippen molar-refractivity contribution in [3.63, 3.8) is 0 Å². The molecule has 0 N–H and O–H groups in total. The zero-order chi connectivity index (χ0) is 17.4. The molecule has 0 aromatic carbocycles. The number of pyridine rings is 1. The highest BCUT2D eigenvalue weighted by Crippen LogP contribution is 2.31. The summed E-state index contributed by atoms with van der Waals surface area (Å²) in [7, 11) is 0. The van der Waals surface area contributed by atoms with E-state index < -0.39 is 0 Å². The van der Waals surface area contributed by atoms with E-state index in [0.717, 1.165) is 11.2 Å². The lowest BCUT2D eigenvalue weighted by molar-refractivity contribution is -0.0420. The summed E-state index contributed by atoms with van der Waals surface area (Å²) in [5, 5.41) is 0. The first-order valence-corrected chi connectivity index (χ1v) is 9.37. The second-order valence-electron chi connectivity index (χ2n) is 7.56. The first-order chi connectivity index (χ1) is 12.1. The first-order valence-electron chi connectivity index (χ1n) is 9.37. The first kappa shape index (κ1) is 16.5. The van der Waals surface area contributed by atoms with Crippen LogP contribution in [-0.4, -0.2) is 51.1 Å². The van der Waals surface area contributed by atoms with Gasteiger partial charge in [-0.15, -0.1) is 0 Å². The Labute approximate surface area is 148 Å². The Balaban J connectivity index is 1.56. The monoisotopic (exact) mass is 342 g/mol. The lowest BCUT2D eigenvalue weighted by Crippen LogP contribution is -2.47. The predicted octanol–water partition coefficient (Wildman–Crippen LogP) is 3.04. The van der Waals surface area contributed by atoms with E-state index in [4.69, 9.17) is 4.74 Å². The number of imidazole rings is 1. The van der Waals surface area contributed by atoms with Gasteiger partial charge >= 0.3 is 0 Å². The molecule has 2 fully saturated rings. The third-order valence-electron chi connectivity index (χ3n) is 5.50. The molecule has 0 radical (unpaired) electrons. The Bertz CT molecular complexity index is 764. The highest BCUT2D eigenvalue weighted by molar-refractivity contribution is 5.96. The van der Waals surface area contributed by atoms with Gasteiger partial charge in [0.25, 0.3) is 5.91 Å². The Morgan fingerprint density at radius 2 is 2.08 bits per heavy atom. The minimum Gasteiger partial charge on any atom is -0.374 e. The second-order valence-corrected chi connectivity index (χ2v) is 7.56. The molecule has 3 heterocycles. The highest BCUT2D eigenvalue weighted by Gasteiger charge is 2.27. The number of hydrogen-bond acceptors (Lipinski definition) is 4. The molecule has 6 heteroatoms. The SMILES string of the molecule is CC(C)C1CN(C(=O)c2cnc3c(c2)ncn3C2CCCC2)CCO1. The van der Waals surface area contributed by atoms with Crippen molar-refractivity contribution in [3.05, 3.63) is 24.2 Å². The van der Waals surface area contributed by atoms with Gasteiger partial charge in [0, 0.05) is 25.3 Å². The number of fused-ring (bicyclic) bond motifs is 1. The number of morpholine rings is 1. The molecule has 0 spiro atoms. The number of aromatic nitrogens is 3. The summed E-state index contributed by atoms with van der Waals surface area (Å²) in [6, 6.07) is 2.39. The predicted molar refractivity (Wildman–Crippen MR) is 95.5 cm³/mol. The van der Waals surface area contributed by atoms with Crippen molar-refractivity contribution in [1.82, 2.24) is 19.4 Å². The summed E-state index contributed by atoms with van der Waals surface area (Å²) in [5.41, 5.74) is 2.32. The van der Waals surface area contributed by atoms with Gasteiger partial charge in [0.05, 0.1) is 24.6 Å². The largest absolute Gasteiger partial charge is 0.374 e. The molecule has 1 saturated heterocycles. The number of carbonyl (C=O) groups excluding carboxylic acids is 1. The molecule has 25 heavy (non-hydrogen) atoms. The molecule has 2 aromatic rings. The molecule has 1 atom stereocenters. The van der Waals surface area contributed by atoms with Gasteiger partial charge in [-0.3, -0.25) is 4.79 Å². The van der Waals surface area contributed by atoms with Crippen LogP contribution in [-0.2, 0) is 4.74 Å². The van der Waals surface area contributed by atoms with E-state index in [1.165, 1.54) is 25.7 Å². The van der Waals surface area contributed by atoms with E-state index in [1.54, 1.807) is 6.20 Å². The number of rotatable bonds is 3.